The summed E-state index contributed by atoms with van der Waals surface area (Å²) in [6, 6.07) is 0. The van der Waals surface area contributed by atoms with Gasteiger partial charge in [0.25, 0.3) is 0 Å². The summed E-state index contributed by atoms with van der Waals surface area (Å²) in [5, 5.41) is 2.35. The number of nitroso groups, excluding NO2 is 1. The van der Waals surface area contributed by atoms with Crippen molar-refractivity contribution in [2.45, 2.75) is 19.4 Å². The second-order valence-electron chi connectivity index (χ2n) is 3.06. The van der Waals surface area contributed by atoms with E-state index in [1.165, 1.54) is 12.2 Å². The Bertz CT molecular complexity index is 284. The van der Waals surface area contributed by atoms with E-state index in [0.29, 0.717) is 13.0 Å². The Balaban J connectivity index is 4.41. The first kappa shape index (κ1) is 14.7. The van der Waals surface area contributed by atoms with Crippen LogP contribution in [0.1, 0.15) is 13.3 Å². The summed E-state index contributed by atoms with van der Waals surface area (Å²) in [5.74, 6) is -0.777. The fourth-order valence-electron chi connectivity index (χ4n) is 1.08. The standard InChI is InChI=1S/C11H17NO4/c1-4-9(11(13)12-14)5-6-10(16-3)7-8-15-2/h4-6,10H,7-8H2,1-3H3/b6-5-,9-4+. The van der Waals surface area contributed by atoms with E-state index in [2.05, 4.69) is 5.18 Å². The van der Waals surface area contributed by atoms with Crippen LogP contribution in [0.15, 0.2) is 29.0 Å². The highest BCUT2D eigenvalue weighted by Crippen LogP contribution is 2.05. The Morgan fingerprint density at radius 3 is 2.56 bits per heavy atom. The third-order valence-electron chi connectivity index (χ3n) is 2.04. The van der Waals surface area contributed by atoms with Crippen LogP contribution in [0.3, 0.4) is 0 Å². The molecule has 0 aromatic heterocycles. The molecule has 0 heterocycles. The molecule has 0 fully saturated rings. The van der Waals surface area contributed by atoms with Crippen LogP contribution in [0, 0.1) is 4.91 Å². The molecule has 0 radical (unpaired) electrons. The largest absolute Gasteiger partial charge is 0.385 e. The first-order chi connectivity index (χ1) is 7.69. The van der Waals surface area contributed by atoms with Crippen molar-refractivity contribution in [3.63, 3.8) is 0 Å². The molecule has 1 unspecified atom stereocenters. The SMILES string of the molecule is C/C=C(\C=C/C(CCOC)OC)C(=O)N=O. The molecule has 0 aliphatic rings. The summed E-state index contributed by atoms with van der Waals surface area (Å²) in [6.07, 6.45) is 5.31. The molecule has 90 valence electrons. The van der Waals surface area contributed by atoms with E-state index in [9.17, 15) is 9.70 Å². The lowest BCUT2D eigenvalue weighted by Gasteiger charge is -2.09. The van der Waals surface area contributed by atoms with E-state index in [4.69, 9.17) is 9.47 Å². The van der Waals surface area contributed by atoms with Crippen LogP contribution in [-0.4, -0.2) is 32.8 Å². The van der Waals surface area contributed by atoms with Gasteiger partial charge >= 0.3 is 5.91 Å². The maximum atomic E-state index is 11.0. The molecule has 0 aromatic rings. The minimum Gasteiger partial charge on any atom is -0.385 e. The zero-order valence-electron chi connectivity index (χ0n) is 9.80. The first-order valence-corrected chi connectivity index (χ1v) is 4.93. The number of hydrogen-bond donors (Lipinski definition) is 0. The van der Waals surface area contributed by atoms with E-state index >= 15 is 0 Å². The third kappa shape index (κ3) is 5.53. The predicted octanol–water partition coefficient (Wildman–Crippen LogP) is 1.83. The van der Waals surface area contributed by atoms with E-state index in [-0.39, 0.29) is 11.7 Å². The minimum atomic E-state index is -0.777. The summed E-state index contributed by atoms with van der Waals surface area (Å²) in [5.41, 5.74) is 0.259. The molecule has 1 amide bonds. The van der Waals surface area contributed by atoms with Gasteiger partial charge in [-0.2, -0.15) is 0 Å². The van der Waals surface area contributed by atoms with Crippen molar-refractivity contribution in [2.75, 3.05) is 20.8 Å². The Morgan fingerprint density at radius 2 is 2.12 bits per heavy atom. The molecule has 0 aliphatic carbocycles. The zero-order valence-corrected chi connectivity index (χ0v) is 9.80. The molecule has 0 spiro atoms. The Labute approximate surface area is 95.1 Å². The van der Waals surface area contributed by atoms with Crippen LogP contribution in [0.5, 0.6) is 0 Å². The average Bonchev–Trinajstić information content (AvgIpc) is 2.33. The fourth-order valence-corrected chi connectivity index (χ4v) is 1.08. The van der Waals surface area contributed by atoms with Crippen molar-refractivity contribution in [2.24, 2.45) is 5.18 Å². The van der Waals surface area contributed by atoms with Gasteiger partial charge in [-0.15, -0.1) is 4.91 Å². The van der Waals surface area contributed by atoms with Crippen LogP contribution in [0.4, 0.5) is 0 Å². The first-order valence-electron chi connectivity index (χ1n) is 4.93. The van der Waals surface area contributed by atoms with E-state index in [1.54, 1.807) is 27.2 Å². The molecule has 16 heavy (non-hydrogen) atoms. The number of ether oxygens (including phenoxy) is 2. The highest BCUT2D eigenvalue weighted by Gasteiger charge is 2.07. The van der Waals surface area contributed by atoms with E-state index < -0.39 is 5.91 Å². The maximum Gasteiger partial charge on any atom is 0.316 e. The number of methoxy groups -OCH3 is 2. The minimum absolute atomic E-state index is 0.144. The molecule has 5 nitrogen and oxygen atoms in total. The van der Waals surface area contributed by atoms with Crippen molar-refractivity contribution in [3.05, 3.63) is 28.7 Å². The highest BCUT2D eigenvalue weighted by molar-refractivity contribution is 5.96. The van der Waals surface area contributed by atoms with Crippen molar-refractivity contribution >= 4 is 5.91 Å². The molecule has 0 rings (SSSR count). The number of carbonyl (C=O) groups is 1. The Hall–Kier alpha value is -1.33. The molecule has 0 aliphatic heterocycles. The van der Waals surface area contributed by atoms with Crippen LogP contribution < -0.4 is 0 Å². The molecule has 1 atom stereocenters. The molecular formula is C11H17NO4. The van der Waals surface area contributed by atoms with Crippen molar-refractivity contribution in [3.8, 4) is 0 Å². The van der Waals surface area contributed by atoms with Crippen molar-refractivity contribution in [1.29, 1.82) is 0 Å². The quantitative estimate of drug-likeness (QED) is 0.378. The van der Waals surface area contributed by atoms with Gasteiger partial charge in [-0.25, -0.2) is 0 Å². The molecule has 0 saturated carbocycles. The fraction of sp³-hybridized carbons (Fsp3) is 0.545. The van der Waals surface area contributed by atoms with Gasteiger partial charge in [0.2, 0.25) is 0 Å². The maximum absolute atomic E-state index is 11.0. The lowest BCUT2D eigenvalue weighted by molar-refractivity contribution is -0.114. The Morgan fingerprint density at radius 1 is 1.44 bits per heavy atom. The third-order valence-corrected chi connectivity index (χ3v) is 2.04. The normalized spacial score (nSPS) is 14.1. The number of carbonyl (C=O) groups excluding carboxylic acids is 1. The lowest BCUT2D eigenvalue weighted by atomic mass is 10.1. The van der Waals surface area contributed by atoms with Gasteiger partial charge in [0, 0.05) is 38.0 Å². The summed E-state index contributed by atoms with van der Waals surface area (Å²) in [4.78, 5) is 21.1. The van der Waals surface area contributed by atoms with E-state index in [1.807, 2.05) is 0 Å². The van der Waals surface area contributed by atoms with Gasteiger partial charge in [0.05, 0.1) is 6.10 Å². The number of amides is 1. The van der Waals surface area contributed by atoms with Crippen LogP contribution in [0.2, 0.25) is 0 Å². The summed E-state index contributed by atoms with van der Waals surface area (Å²) >= 11 is 0. The van der Waals surface area contributed by atoms with Gasteiger partial charge in [-0.05, 0) is 6.92 Å². The second-order valence-corrected chi connectivity index (χ2v) is 3.06. The van der Waals surface area contributed by atoms with E-state index in [0.717, 1.165) is 0 Å². The Kier molecular flexibility index (Phi) is 8.19. The van der Waals surface area contributed by atoms with Gasteiger partial charge in [0.1, 0.15) is 0 Å². The second kappa shape index (κ2) is 8.94. The van der Waals surface area contributed by atoms with Gasteiger partial charge in [0.15, 0.2) is 0 Å². The summed E-state index contributed by atoms with van der Waals surface area (Å²) < 4.78 is 10.1. The topological polar surface area (TPSA) is 65.0 Å². The molecule has 0 N–H and O–H groups in total. The molecule has 0 aromatic carbocycles. The monoisotopic (exact) mass is 227 g/mol. The summed E-state index contributed by atoms with van der Waals surface area (Å²) in [6.45, 7) is 2.23. The van der Waals surface area contributed by atoms with Crippen LogP contribution in [-0.2, 0) is 14.3 Å². The average molecular weight is 227 g/mol. The number of rotatable bonds is 7. The highest BCUT2D eigenvalue weighted by atomic mass is 16.5. The molecule has 0 bridgehead atoms. The van der Waals surface area contributed by atoms with Crippen molar-refractivity contribution < 1.29 is 14.3 Å². The molecule has 5 heteroatoms. The predicted molar refractivity (Wildman–Crippen MR) is 61.0 cm³/mol. The summed E-state index contributed by atoms with van der Waals surface area (Å²) in [7, 11) is 3.17. The van der Waals surface area contributed by atoms with Gasteiger partial charge in [-0.3, -0.25) is 4.79 Å². The zero-order chi connectivity index (χ0) is 12.4. The number of nitrogens with zero attached hydrogens (tertiary/aromatic N) is 1. The number of allylic oxidation sites excluding steroid dienone is 1. The van der Waals surface area contributed by atoms with Gasteiger partial charge < -0.3 is 9.47 Å². The van der Waals surface area contributed by atoms with Crippen LogP contribution >= 0.6 is 0 Å². The molecule has 0 saturated heterocycles. The number of hydrogen-bond acceptors (Lipinski definition) is 4. The lowest BCUT2D eigenvalue weighted by Crippen LogP contribution is -2.10. The molecular weight excluding hydrogens is 210 g/mol. The smallest absolute Gasteiger partial charge is 0.316 e. The van der Waals surface area contributed by atoms with Crippen molar-refractivity contribution in [1.82, 2.24) is 0 Å². The van der Waals surface area contributed by atoms with Crippen LogP contribution in [0.25, 0.3) is 0 Å². The van der Waals surface area contributed by atoms with Gasteiger partial charge in [-0.1, -0.05) is 18.2 Å².